The number of hydrogen-bond donors (Lipinski definition) is 2. The van der Waals surface area contributed by atoms with Crippen LogP contribution in [0.4, 0.5) is 4.39 Å². The second-order valence-corrected chi connectivity index (χ2v) is 4.59. The Morgan fingerprint density at radius 1 is 1.35 bits per heavy atom. The molecular formula is C12H18FNO3. The molecule has 0 unspecified atom stereocenters. The van der Waals surface area contributed by atoms with Crippen LogP contribution in [0.1, 0.15) is 19.4 Å². The fourth-order valence-electron chi connectivity index (χ4n) is 1.64. The minimum absolute atomic E-state index is 0.219. The summed E-state index contributed by atoms with van der Waals surface area (Å²) < 4.78 is 24.0. The summed E-state index contributed by atoms with van der Waals surface area (Å²) >= 11 is 0. The van der Waals surface area contributed by atoms with Crippen molar-refractivity contribution in [2.45, 2.75) is 25.8 Å². The number of ether oxygens (including phenoxy) is 2. The van der Waals surface area contributed by atoms with Gasteiger partial charge in [-0.1, -0.05) is 0 Å². The lowest BCUT2D eigenvalue weighted by Crippen LogP contribution is -2.35. The first-order valence-electron chi connectivity index (χ1n) is 5.21. The maximum Gasteiger partial charge on any atom is 0.172 e. The van der Waals surface area contributed by atoms with Crippen LogP contribution in [0.3, 0.4) is 0 Å². The molecule has 0 heterocycles. The molecule has 0 atom stereocenters. The van der Waals surface area contributed by atoms with Crippen molar-refractivity contribution in [2.75, 3.05) is 14.2 Å². The number of benzene rings is 1. The van der Waals surface area contributed by atoms with E-state index < -0.39 is 17.1 Å². The van der Waals surface area contributed by atoms with E-state index in [1.54, 1.807) is 13.8 Å². The van der Waals surface area contributed by atoms with Gasteiger partial charge in [0, 0.05) is 17.2 Å². The maximum atomic E-state index is 13.9. The van der Waals surface area contributed by atoms with Crippen LogP contribution < -0.4 is 15.2 Å². The van der Waals surface area contributed by atoms with Crippen molar-refractivity contribution in [3.63, 3.8) is 0 Å². The summed E-state index contributed by atoms with van der Waals surface area (Å²) in [6, 6.07) is 1.18. The monoisotopic (exact) mass is 243 g/mol. The van der Waals surface area contributed by atoms with Crippen molar-refractivity contribution < 1.29 is 19.0 Å². The topological polar surface area (TPSA) is 64.7 Å². The molecule has 0 aliphatic carbocycles. The van der Waals surface area contributed by atoms with Crippen LogP contribution in [-0.4, -0.2) is 24.9 Å². The van der Waals surface area contributed by atoms with Gasteiger partial charge in [0.2, 0.25) is 0 Å². The quantitative estimate of drug-likeness (QED) is 0.846. The molecule has 3 N–H and O–H groups in total. The zero-order valence-corrected chi connectivity index (χ0v) is 10.5. The molecule has 0 aliphatic heterocycles. The van der Waals surface area contributed by atoms with Gasteiger partial charge in [-0.25, -0.2) is 4.39 Å². The highest BCUT2D eigenvalue weighted by atomic mass is 19.1. The van der Waals surface area contributed by atoms with Crippen LogP contribution in [0.15, 0.2) is 6.07 Å². The molecule has 0 fully saturated rings. The van der Waals surface area contributed by atoms with E-state index in [4.69, 9.17) is 15.2 Å². The normalized spacial score (nSPS) is 11.4. The van der Waals surface area contributed by atoms with Gasteiger partial charge in [-0.2, -0.15) is 0 Å². The molecule has 0 aromatic heterocycles. The molecule has 5 heteroatoms. The number of rotatable bonds is 4. The molecule has 0 saturated heterocycles. The second kappa shape index (κ2) is 4.79. The molecule has 1 aromatic carbocycles. The highest BCUT2D eigenvalue weighted by Gasteiger charge is 2.24. The highest BCUT2D eigenvalue weighted by Crippen LogP contribution is 2.39. The second-order valence-electron chi connectivity index (χ2n) is 4.59. The molecule has 4 nitrogen and oxygen atoms in total. The summed E-state index contributed by atoms with van der Waals surface area (Å²) in [7, 11) is 2.84. The Kier molecular flexibility index (Phi) is 3.83. The Morgan fingerprint density at radius 2 is 1.94 bits per heavy atom. The summed E-state index contributed by atoms with van der Waals surface area (Å²) in [4.78, 5) is 0. The van der Waals surface area contributed by atoms with Gasteiger partial charge in [-0.3, -0.25) is 0 Å². The van der Waals surface area contributed by atoms with Gasteiger partial charge < -0.3 is 20.3 Å². The minimum atomic E-state index is -0.721. The Morgan fingerprint density at radius 3 is 2.35 bits per heavy atom. The largest absolute Gasteiger partial charge is 0.505 e. The average molecular weight is 243 g/mol. The number of hydrogen-bond acceptors (Lipinski definition) is 4. The van der Waals surface area contributed by atoms with E-state index in [0.717, 1.165) is 0 Å². The van der Waals surface area contributed by atoms with E-state index in [1.807, 2.05) is 0 Å². The Bertz CT molecular complexity index is 413. The zero-order valence-electron chi connectivity index (χ0n) is 10.5. The van der Waals surface area contributed by atoms with Gasteiger partial charge in [0.15, 0.2) is 23.1 Å². The molecule has 0 radical (unpaired) electrons. The number of nitrogens with two attached hydrogens (primary N) is 1. The van der Waals surface area contributed by atoms with Crippen molar-refractivity contribution in [3.8, 4) is 17.2 Å². The summed E-state index contributed by atoms with van der Waals surface area (Å²) in [6.45, 7) is 3.53. The number of phenolic OH excluding ortho intramolecular Hbond substituents is 1. The fourth-order valence-corrected chi connectivity index (χ4v) is 1.64. The number of methoxy groups -OCH3 is 2. The predicted octanol–water partition coefficient (Wildman–Crippen LogP) is 1.83. The first-order chi connectivity index (χ1) is 7.80. The molecule has 0 saturated carbocycles. The maximum absolute atomic E-state index is 13.9. The average Bonchev–Trinajstić information content (AvgIpc) is 2.22. The summed E-state index contributed by atoms with van der Waals surface area (Å²) in [5.74, 6) is -0.643. The lowest BCUT2D eigenvalue weighted by atomic mass is 9.94. The third-order valence-corrected chi connectivity index (χ3v) is 2.31. The van der Waals surface area contributed by atoms with Crippen LogP contribution in [0.25, 0.3) is 0 Å². The standard InChI is InChI=1S/C12H18FNO3/c1-12(2,14)6-7-10(13)8(15)5-9(16-3)11(7)17-4/h5,15H,6,14H2,1-4H3. The van der Waals surface area contributed by atoms with Gasteiger partial charge in [0.25, 0.3) is 0 Å². The third-order valence-electron chi connectivity index (χ3n) is 2.31. The van der Waals surface area contributed by atoms with Gasteiger partial charge in [0.05, 0.1) is 14.2 Å². The SMILES string of the molecule is COc1cc(O)c(F)c(CC(C)(C)N)c1OC. The summed E-state index contributed by atoms with van der Waals surface area (Å²) in [5.41, 5.74) is 5.46. The lowest BCUT2D eigenvalue weighted by Gasteiger charge is -2.22. The van der Waals surface area contributed by atoms with Crippen LogP contribution >= 0.6 is 0 Å². The molecule has 0 aliphatic rings. The molecule has 96 valence electrons. The van der Waals surface area contributed by atoms with E-state index in [2.05, 4.69) is 0 Å². The number of aromatic hydroxyl groups is 1. The van der Waals surface area contributed by atoms with Crippen molar-refractivity contribution in [1.82, 2.24) is 0 Å². The molecule has 0 bridgehead atoms. The van der Waals surface area contributed by atoms with Gasteiger partial charge in [-0.05, 0) is 20.3 Å². The first kappa shape index (κ1) is 13.6. The van der Waals surface area contributed by atoms with Crippen LogP contribution in [0.5, 0.6) is 17.2 Å². The van der Waals surface area contributed by atoms with Crippen LogP contribution in [0.2, 0.25) is 0 Å². The molecule has 0 amide bonds. The van der Waals surface area contributed by atoms with E-state index >= 15 is 0 Å². The zero-order chi connectivity index (χ0) is 13.2. The summed E-state index contributed by atoms with van der Waals surface area (Å²) in [6.07, 6.45) is 0.229. The van der Waals surface area contributed by atoms with Crippen molar-refractivity contribution in [3.05, 3.63) is 17.4 Å². The number of halogens is 1. The molecule has 1 rings (SSSR count). The van der Waals surface area contributed by atoms with E-state index in [-0.39, 0.29) is 23.5 Å². The van der Waals surface area contributed by atoms with Crippen molar-refractivity contribution >= 4 is 0 Å². The van der Waals surface area contributed by atoms with E-state index in [1.165, 1.54) is 20.3 Å². The molecule has 1 aromatic rings. The minimum Gasteiger partial charge on any atom is -0.505 e. The van der Waals surface area contributed by atoms with Crippen molar-refractivity contribution in [1.29, 1.82) is 0 Å². The predicted molar refractivity (Wildman–Crippen MR) is 63.1 cm³/mol. The third kappa shape index (κ3) is 3.00. The van der Waals surface area contributed by atoms with Gasteiger partial charge in [0.1, 0.15) is 0 Å². The first-order valence-corrected chi connectivity index (χ1v) is 5.21. The smallest absolute Gasteiger partial charge is 0.172 e. The van der Waals surface area contributed by atoms with E-state index in [0.29, 0.717) is 0 Å². The Balaban J connectivity index is 3.38. The van der Waals surface area contributed by atoms with Gasteiger partial charge >= 0.3 is 0 Å². The number of phenols is 1. The van der Waals surface area contributed by atoms with Crippen LogP contribution in [0, 0.1) is 5.82 Å². The Labute approximate surface area is 100 Å². The highest BCUT2D eigenvalue weighted by molar-refractivity contribution is 5.53. The van der Waals surface area contributed by atoms with E-state index in [9.17, 15) is 9.50 Å². The molecular weight excluding hydrogens is 225 g/mol. The lowest BCUT2D eigenvalue weighted by molar-refractivity contribution is 0.335. The fraction of sp³-hybridized carbons (Fsp3) is 0.500. The molecule has 17 heavy (non-hydrogen) atoms. The van der Waals surface area contributed by atoms with Crippen molar-refractivity contribution in [2.24, 2.45) is 5.73 Å². The van der Waals surface area contributed by atoms with Gasteiger partial charge in [-0.15, -0.1) is 0 Å². The Hall–Kier alpha value is -1.49. The molecule has 0 spiro atoms. The van der Waals surface area contributed by atoms with Crippen LogP contribution in [-0.2, 0) is 6.42 Å². The summed E-state index contributed by atoms with van der Waals surface area (Å²) in [5, 5.41) is 9.48.